The second-order valence-corrected chi connectivity index (χ2v) is 5.44. The van der Waals surface area contributed by atoms with Crippen molar-refractivity contribution in [1.29, 1.82) is 0 Å². The van der Waals surface area contributed by atoms with Crippen molar-refractivity contribution in [3.63, 3.8) is 0 Å². The fourth-order valence-electron chi connectivity index (χ4n) is 3.06. The topological polar surface area (TPSA) is 48.0 Å². The first kappa shape index (κ1) is 14.2. The lowest BCUT2D eigenvalue weighted by Crippen LogP contribution is -2.54. The lowest BCUT2D eigenvalue weighted by Gasteiger charge is -2.41. The van der Waals surface area contributed by atoms with Crippen LogP contribution in [0.25, 0.3) is 0 Å². The third-order valence-electron chi connectivity index (χ3n) is 4.20. The highest BCUT2D eigenvalue weighted by Gasteiger charge is 2.29. The Hall–Kier alpha value is -0.200. The van der Waals surface area contributed by atoms with Crippen molar-refractivity contribution >= 4 is 0 Å². The summed E-state index contributed by atoms with van der Waals surface area (Å²) in [5, 5.41) is 12.6. The molecule has 0 bridgehead atoms. The number of nitrogens with one attached hydrogen (secondary N) is 1. The van der Waals surface area contributed by atoms with Crippen molar-refractivity contribution in [2.45, 2.75) is 12.5 Å². The molecule has 0 aliphatic carbocycles. The number of nitrogens with zero attached hydrogens (tertiary/aromatic N) is 2. The fourth-order valence-corrected chi connectivity index (χ4v) is 3.06. The molecule has 0 amide bonds. The Kier molecular flexibility index (Phi) is 5.85. The van der Waals surface area contributed by atoms with E-state index in [0.29, 0.717) is 12.0 Å². The first-order chi connectivity index (χ1) is 8.81. The van der Waals surface area contributed by atoms with Gasteiger partial charge in [0.15, 0.2) is 0 Å². The number of piperidine rings is 1. The van der Waals surface area contributed by atoms with E-state index in [1.807, 2.05) is 0 Å². The van der Waals surface area contributed by atoms with Gasteiger partial charge in [0, 0.05) is 38.8 Å². The van der Waals surface area contributed by atoms with Crippen molar-refractivity contribution in [3.8, 4) is 0 Å². The third kappa shape index (κ3) is 3.90. The van der Waals surface area contributed by atoms with E-state index >= 15 is 0 Å². The molecule has 2 saturated heterocycles. The summed E-state index contributed by atoms with van der Waals surface area (Å²) in [5.41, 5.74) is 0. The van der Waals surface area contributed by atoms with Gasteiger partial charge in [-0.1, -0.05) is 0 Å². The summed E-state index contributed by atoms with van der Waals surface area (Å²) >= 11 is 0. The molecule has 2 rings (SSSR count). The molecule has 5 nitrogen and oxygen atoms in total. The van der Waals surface area contributed by atoms with Crippen LogP contribution in [0.15, 0.2) is 0 Å². The first-order valence-corrected chi connectivity index (χ1v) is 7.13. The van der Waals surface area contributed by atoms with Crippen molar-refractivity contribution in [2.24, 2.45) is 5.92 Å². The highest BCUT2D eigenvalue weighted by molar-refractivity contribution is 4.86. The SMILES string of the molecule is CN(CCO)C1CNCCC1CN1CCOCC1. The average molecular weight is 257 g/mol. The van der Waals surface area contributed by atoms with Gasteiger partial charge in [-0.25, -0.2) is 0 Å². The van der Waals surface area contributed by atoms with Gasteiger partial charge in [-0.15, -0.1) is 0 Å². The first-order valence-electron chi connectivity index (χ1n) is 7.13. The number of morpholine rings is 1. The minimum Gasteiger partial charge on any atom is -0.395 e. The molecule has 2 heterocycles. The monoisotopic (exact) mass is 257 g/mol. The van der Waals surface area contributed by atoms with Gasteiger partial charge in [0.05, 0.1) is 19.8 Å². The number of ether oxygens (including phenoxy) is 1. The van der Waals surface area contributed by atoms with E-state index in [0.717, 1.165) is 45.9 Å². The van der Waals surface area contributed by atoms with Gasteiger partial charge in [0.2, 0.25) is 0 Å². The zero-order chi connectivity index (χ0) is 12.8. The molecule has 2 aliphatic heterocycles. The van der Waals surface area contributed by atoms with Crippen LogP contribution >= 0.6 is 0 Å². The molecule has 2 fully saturated rings. The van der Waals surface area contributed by atoms with Gasteiger partial charge in [-0.3, -0.25) is 9.80 Å². The Bertz CT molecular complexity index is 234. The molecule has 0 radical (unpaired) electrons. The van der Waals surface area contributed by atoms with Gasteiger partial charge in [-0.05, 0) is 25.9 Å². The Morgan fingerprint density at radius 1 is 1.39 bits per heavy atom. The summed E-state index contributed by atoms with van der Waals surface area (Å²) in [4.78, 5) is 4.83. The fraction of sp³-hybridized carbons (Fsp3) is 1.00. The van der Waals surface area contributed by atoms with Crippen LogP contribution in [0.1, 0.15) is 6.42 Å². The Morgan fingerprint density at radius 3 is 2.89 bits per heavy atom. The van der Waals surface area contributed by atoms with E-state index in [1.165, 1.54) is 13.0 Å². The van der Waals surface area contributed by atoms with Crippen LogP contribution in [-0.4, -0.2) is 87.1 Å². The predicted octanol–water partition coefficient (Wildman–Crippen LogP) is -0.779. The zero-order valence-electron chi connectivity index (χ0n) is 11.5. The lowest BCUT2D eigenvalue weighted by molar-refractivity contribution is 0.0160. The smallest absolute Gasteiger partial charge is 0.0594 e. The summed E-state index contributed by atoms with van der Waals surface area (Å²) in [6.07, 6.45) is 1.23. The Labute approximate surface area is 110 Å². The van der Waals surface area contributed by atoms with Crippen LogP contribution in [0, 0.1) is 5.92 Å². The van der Waals surface area contributed by atoms with E-state index in [2.05, 4.69) is 22.2 Å². The van der Waals surface area contributed by atoms with Crippen LogP contribution in [0.3, 0.4) is 0 Å². The molecular weight excluding hydrogens is 230 g/mol. The summed E-state index contributed by atoms with van der Waals surface area (Å²) in [6, 6.07) is 0.550. The predicted molar refractivity (Wildman–Crippen MR) is 71.7 cm³/mol. The summed E-state index contributed by atoms with van der Waals surface area (Å²) in [6.45, 7) is 8.25. The molecule has 18 heavy (non-hydrogen) atoms. The minimum absolute atomic E-state index is 0.247. The Morgan fingerprint density at radius 2 is 2.17 bits per heavy atom. The molecule has 2 N–H and O–H groups in total. The molecular formula is C13H27N3O2. The zero-order valence-corrected chi connectivity index (χ0v) is 11.5. The molecule has 0 aromatic carbocycles. The average Bonchev–Trinajstić information content (AvgIpc) is 2.41. The van der Waals surface area contributed by atoms with Gasteiger partial charge < -0.3 is 15.2 Å². The van der Waals surface area contributed by atoms with Crippen LogP contribution in [0.4, 0.5) is 0 Å². The largest absolute Gasteiger partial charge is 0.395 e. The normalized spacial score (nSPS) is 30.8. The maximum absolute atomic E-state index is 9.09. The lowest BCUT2D eigenvalue weighted by atomic mass is 9.91. The van der Waals surface area contributed by atoms with Crippen molar-refractivity contribution in [1.82, 2.24) is 15.1 Å². The van der Waals surface area contributed by atoms with Crippen molar-refractivity contribution < 1.29 is 9.84 Å². The standard InChI is InChI=1S/C13H27N3O2/c1-15(4-7-17)13-10-14-3-2-12(13)11-16-5-8-18-9-6-16/h12-14,17H,2-11H2,1H3. The van der Waals surface area contributed by atoms with E-state index in [-0.39, 0.29) is 6.61 Å². The second-order valence-electron chi connectivity index (χ2n) is 5.44. The van der Waals surface area contributed by atoms with Gasteiger partial charge >= 0.3 is 0 Å². The number of likely N-dealkylation sites (N-methyl/N-ethyl adjacent to an activating group) is 1. The molecule has 2 atom stereocenters. The minimum atomic E-state index is 0.247. The van der Waals surface area contributed by atoms with E-state index in [1.54, 1.807) is 0 Å². The quantitative estimate of drug-likeness (QED) is 0.677. The number of aliphatic hydroxyl groups excluding tert-OH is 1. The van der Waals surface area contributed by atoms with Crippen LogP contribution in [-0.2, 0) is 4.74 Å². The molecule has 5 heteroatoms. The van der Waals surface area contributed by atoms with Crippen LogP contribution in [0.5, 0.6) is 0 Å². The van der Waals surface area contributed by atoms with E-state index in [4.69, 9.17) is 9.84 Å². The molecule has 0 saturated carbocycles. The van der Waals surface area contributed by atoms with E-state index < -0.39 is 0 Å². The molecule has 0 aromatic heterocycles. The highest BCUT2D eigenvalue weighted by Crippen LogP contribution is 2.19. The van der Waals surface area contributed by atoms with Crippen molar-refractivity contribution in [2.75, 3.05) is 66.1 Å². The van der Waals surface area contributed by atoms with Gasteiger partial charge in [-0.2, -0.15) is 0 Å². The molecule has 2 aliphatic rings. The summed E-state index contributed by atoms with van der Waals surface area (Å²) < 4.78 is 5.40. The number of hydrogen-bond donors (Lipinski definition) is 2. The number of rotatable bonds is 5. The summed E-state index contributed by atoms with van der Waals surface area (Å²) in [5.74, 6) is 0.709. The molecule has 106 valence electrons. The third-order valence-corrected chi connectivity index (χ3v) is 4.20. The van der Waals surface area contributed by atoms with Gasteiger partial charge in [0.25, 0.3) is 0 Å². The number of aliphatic hydroxyl groups is 1. The van der Waals surface area contributed by atoms with Crippen LogP contribution in [0.2, 0.25) is 0 Å². The molecule has 2 unspecified atom stereocenters. The maximum atomic E-state index is 9.09. The molecule has 0 spiro atoms. The summed E-state index contributed by atoms with van der Waals surface area (Å²) in [7, 11) is 2.13. The maximum Gasteiger partial charge on any atom is 0.0594 e. The Balaban J connectivity index is 1.86. The second kappa shape index (κ2) is 7.40. The highest BCUT2D eigenvalue weighted by atomic mass is 16.5. The van der Waals surface area contributed by atoms with Crippen molar-refractivity contribution in [3.05, 3.63) is 0 Å². The molecule has 0 aromatic rings. The van der Waals surface area contributed by atoms with Crippen LogP contribution < -0.4 is 5.32 Å². The number of hydrogen-bond acceptors (Lipinski definition) is 5. The van der Waals surface area contributed by atoms with E-state index in [9.17, 15) is 0 Å². The van der Waals surface area contributed by atoms with Gasteiger partial charge in [0.1, 0.15) is 0 Å².